The number of carbonyl (C=O) groups is 1. The molecule has 2 aliphatic carbocycles. The van der Waals surface area contributed by atoms with Gasteiger partial charge in [0, 0.05) is 25.0 Å². The van der Waals surface area contributed by atoms with E-state index in [1.165, 1.54) is 12.8 Å². The highest BCUT2D eigenvalue weighted by Gasteiger charge is 2.51. The number of carbonyl (C=O) groups excluding carboxylic acids is 1. The maximum atomic E-state index is 12.5. The predicted octanol–water partition coefficient (Wildman–Crippen LogP) is 4.16. The first-order valence-electron chi connectivity index (χ1n) is 10.8. The highest BCUT2D eigenvalue weighted by molar-refractivity contribution is 5.94. The molecule has 0 bridgehead atoms. The SMILES string of the molecule is N#Cc1cc(-c2ccnc(NC(=O)C3CC3C3CC3)c2)ccc1OC1CCOCC1. The molecule has 2 aromatic rings. The topological polar surface area (TPSA) is 84.2 Å². The monoisotopic (exact) mass is 403 g/mol. The van der Waals surface area contributed by atoms with Gasteiger partial charge in [0.05, 0.1) is 18.8 Å². The van der Waals surface area contributed by atoms with Gasteiger partial charge in [0.1, 0.15) is 23.7 Å². The van der Waals surface area contributed by atoms with Crippen LogP contribution in [-0.2, 0) is 9.53 Å². The lowest BCUT2D eigenvalue weighted by molar-refractivity contribution is -0.117. The number of anilines is 1. The van der Waals surface area contributed by atoms with Gasteiger partial charge in [-0.2, -0.15) is 5.26 Å². The predicted molar refractivity (Wildman–Crippen MR) is 112 cm³/mol. The Morgan fingerprint density at radius 1 is 1.13 bits per heavy atom. The van der Waals surface area contributed by atoms with Crippen molar-refractivity contribution in [1.82, 2.24) is 4.98 Å². The van der Waals surface area contributed by atoms with Crippen LogP contribution in [-0.4, -0.2) is 30.2 Å². The number of benzene rings is 1. The van der Waals surface area contributed by atoms with Crippen LogP contribution in [0, 0.1) is 29.1 Å². The Labute approximate surface area is 176 Å². The summed E-state index contributed by atoms with van der Waals surface area (Å²) in [7, 11) is 0. The van der Waals surface area contributed by atoms with Crippen molar-refractivity contribution in [2.75, 3.05) is 18.5 Å². The first-order valence-corrected chi connectivity index (χ1v) is 10.8. The van der Waals surface area contributed by atoms with Crippen LogP contribution in [0.2, 0.25) is 0 Å². The molecule has 0 spiro atoms. The van der Waals surface area contributed by atoms with Crippen molar-refractivity contribution in [3.8, 4) is 22.9 Å². The quantitative estimate of drug-likeness (QED) is 0.783. The summed E-state index contributed by atoms with van der Waals surface area (Å²) in [5.74, 6) is 2.74. The van der Waals surface area contributed by atoms with Crippen molar-refractivity contribution in [2.45, 2.75) is 38.2 Å². The van der Waals surface area contributed by atoms with Crippen LogP contribution in [0.25, 0.3) is 11.1 Å². The number of hydrogen-bond acceptors (Lipinski definition) is 5. The summed E-state index contributed by atoms with van der Waals surface area (Å²) in [6.07, 6.45) is 7.01. The van der Waals surface area contributed by atoms with E-state index in [-0.39, 0.29) is 17.9 Å². The van der Waals surface area contributed by atoms with Gasteiger partial charge in [0.25, 0.3) is 0 Å². The van der Waals surface area contributed by atoms with Crippen LogP contribution >= 0.6 is 0 Å². The molecule has 1 amide bonds. The molecular formula is C24H25N3O3. The zero-order chi connectivity index (χ0) is 20.5. The first-order chi connectivity index (χ1) is 14.7. The molecule has 2 atom stereocenters. The molecule has 154 valence electrons. The number of rotatable bonds is 6. The van der Waals surface area contributed by atoms with E-state index in [0.29, 0.717) is 36.3 Å². The van der Waals surface area contributed by atoms with E-state index in [4.69, 9.17) is 9.47 Å². The second kappa shape index (κ2) is 8.08. The van der Waals surface area contributed by atoms with Crippen LogP contribution in [0.15, 0.2) is 36.5 Å². The molecule has 2 unspecified atom stereocenters. The fourth-order valence-corrected chi connectivity index (χ4v) is 4.33. The molecule has 3 aliphatic rings. The Bertz CT molecular complexity index is 989. The fraction of sp³-hybridized carbons (Fsp3) is 0.458. The van der Waals surface area contributed by atoms with Crippen molar-refractivity contribution in [1.29, 1.82) is 5.26 Å². The molecule has 2 heterocycles. The summed E-state index contributed by atoms with van der Waals surface area (Å²) >= 11 is 0. The average Bonchev–Trinajstić information content (AvgIpc) is 3.68. The number of nitrogens with zero attached hydrogens (tertiary/aromatic N) is 2. The van der Waals surface area contributed by atoms with E-state index in [9.17, 15) is 10.1 Å². The fourth-order valence-electron chi connectivity index (χ4n) is 4.33. The number of ether oxygens (including phenoxy) is 2. The Morgan fingerprint density at radius 2 is 1.93 bits per heavy atom. The molecule has 1 saturated heterocycles. The van der Waals surface area contributed by atoms with Gasteiger partial charge in [0.15, 0.2) is 0 Å². The summed E-state index contributed by atoms with van der Waals surface area (Å²) in [6.45, 7) is 1.39. The molecule has 1 aromatic heterocycles. The van der Waals surface area contributed by atoms with Gasteiger partial charge in [-0.15, -0.1) is 0 Å². The molecule has 3 fully saturated rings. The minimum atomic E-state index is 0.0782. The molecule has 30 heavy (non-hydrogen) atoms. The van der Waals surface area contributed by atoms with Crippen LogP contribution < -0.4 is 10.1 Å². The largest absolute Gasteiger partial charge is 0.489 e. The molecule has 6 nitrogen and oxygen atoms in total. The van der Waals surface area contributed by atoms with E-state index < -0.39 is 0 Å². The number of nitrogens with one attached hydrogen (secondary N) is 1. The third-order valence-corrected chi connectivity index (χ3v) is 6.31. The standard InChI is InChI=1S/C24H25N3O3/c25-14-18-11-16(3-4-22(18)30-19-6-9-29-10-7-19)17-5-8-26-23(12-17)27-24(28)21-13-20(21)15-1-2-15/h3-5,8,11-12,15,19-21H,1-2,6-7,9-10,13H2,(H,26,27,28). The minimum Gasteiger partial charge on any atom is -0.489 e. The third-order valence-electron chi connectivity index (χ3n) is 6.31. The summed E-state index contributed by atoms with van der Waals surface area (Å²) < 4.78 is 11.4. The van der Waals surface area contributed by atoms with Gasteiger partial charge >= 0.3 is 0 Å². The Hall–Kier alpha value is -2.91. The van der Waals surface area contributed by atoms with Crippen molar-refractivity contribution in [3.63, 3.8) is 0 Å². The van der Waals surface area contributed by atoms with Crippen LogP contribution in [0.1, 0.15) is 37.7 Å². The Balaban J connectivity index is 1.29. The highest BCUT2D eigenvalue weighted by atomic mass is 16.5. The highest BCUT2D eigenvalue weighted by Crippen LogP contribution is 2.54. The van der Waals surface area contributed by atoms with Gasteiger partial charge in [-0.25, -0.2) is 4.98 Å². The van der Waals surface area contributed by atoms with Crippen LogP contribution in [0.3, 0.4) is 0 Å². The zero-order valence-electron chi connectivity index (χ0n) is 16.8. The number of amides is 1. The van der Waals surface area contributed by atoms with Crippen molar-refractivity contribution >= 4 is 11.7 Å². The summed E-state index contributed by atoms with van der Waals surface area (Å²) in [4.78, 5) is 16.8. The molecule has 1 N–H and O–H groups in total. The summed E-state index contributed by atoms with van der Waals surface area (Å²) in [6, 6.07) is 11.6. The molecule has 1 aliphatic heterocycles. The number of aromatic nitrogens is 1. The van der Waals surface area contributed by atoms with Gasteiger partial charge in [-0.05, 0) is 66.5 Å². The molecule has 2 saturated carbocycles. The minimum absolute atomic E-state index is 0.0782. The van der Waals surface area contributed by atoms with Crippen LogP contribution in [0.5, 0.6) is 5.75 Å². The van der Waals surface area contributed by atoms with E-state index in [0.717, 1.165) is 36.3 Å². The molecular weight excluding hydrogens is 378 g/mol. The zero-order valence-corrected chi connectivity index (χ0v) is 16.8. The normalized spacial score (nSPS) is 23.4. The lowest BCUT2D eigenvalue weighted by atomic mass is 10.0. The number of hydrogen-bond donors (Lipinski definition) is 1. The second-order valence-electron chi connectivity index (χ2n) is 8.51. The lowest BCUT2D eigenvalue weighted by Gasteiger charge is -2.23. The molecule has 6 heteroatoms. The lowest BCUT2D eigenvalue weighted by Crippen LogP contribution is -2.26. The average molecular weight is 403 g/mol. The second-order valence-corrected chi connectivity index (χ2v) is 8.51. The van der Waals surface area contributed by atoms with Gasteiger partial charge in [0.2, 0.25) is 5.91 Å². The van der Waals surface area contributed by atoms with Gasteiger partial charge < -0.3 is 14.8 Å². The molecule has 5 rings (SSSR count). The van der Waals surface area contributed by atoms with E-state index in [1.807, 2.05) is 30.3 Å². The van der Waals surface area contributed by atoms with Crippen molar-refractivity contribution in [3.05, 3.63) is 42.1 Å². The molecule has 1 aromatic carbocycles. The van der Waals surface area contributed by atoms with E-state index >= 15 is 0 Å². The molecule has 0 radical (unpaired) electrons. The van der Waals surface area contributed by atoms with E-state index in [1.54, 1.807) is 6.20 Å². The summed E-state index contributed by atoms with van der Waals surface area (Å²) in [5, 5.41) is 12.6. The Morgan fingerprint density at radius 3 is 2.70 bits per heavy atom. The first kappa shape index (κ1) is 19.1. The number of pyridine rings is 1. The van der Waals surface area contributed by atoms with Gasteiger partial charge in [-0.3, -0.25) is 4.79 Å². The maximum Gasteiger partial charge on any atom is 0.228 e. The van der Waals surface area contributed by atoms with Crippen molar-refractivity contribution in [2.24, 2.45) is 17.8 Å². The Kier molecular flexibility index (Phi) is 5.14. The van der Waals surface area contributed by atoms with Crippen LogP contribution in [0.4, 0.5) is 5.82 Å². The smallest absolute Gasteiger partial charge is 0.228 e. The summed E-state index contributed by atoms with van der Waals surface area (Å²) in [5.41, 5.74) is 2.31. The van der Waals surface area contributed by atoms with E-state index in [2.05, 4.69) is 16.4 Å². The van der Waals surface area contributed by atoms with Gasteiger partial charge in [-0.1, -0.05) is 6.07 Å². The van der Waals surface area contributed by atoms with Crippen molar-refractivity contribution < 1.29 is 14.3 Å². The maximum absolute atomic E-state index is 12.5. The third kappa shape index (κ3) is 4.17. The number of nitriles is 1.